The van der Waals surface area contributed by atoms with E-state index in [1.165, 1.54) is 0 Å². The molecule has 0 saturated heterocycles. The Bertz CT molecular complexity index is 596. The lowest BCUT2D eigenvalue weighted by atomic mass is 9.81. The van der Waals surface area contributed by atoms with Crippen molar-refractivity contribution >= 4 is 9.84 Å². The van der Waals surface area contributed by atoms with Gasteiger partial charge in [0, 0.05) is 0 Å². The maximum Gasteiger partial charge on any atom is 0.157 e. The minimum absolute atomic E-state index is 0.0262. The molecular weight excluding hydrogens is 284 g/mol. The number of sulfone groups is 1. The summed E-state index contributed by atoms with van der Waals surface area (Å²) >= 11 is 0. The van der Waals surface area contributed by atoms with Crippen molar-refractivity contribution in [3.63, 3.8) is 0 Å². The van der Waals surface area contributed by atoms with E-state index in [9.17, 15) is 13.5 Å². The standard InChI is InChI=1S/C17H26O3S/c1-13-6-8-17(18,9-7-13)12-21(19,20)11-16-10-14(2)4-5-15(16)3/h4-5,10,13,18H,6-9,11-12H2,1-3H3. The lowest BCUT2D eigenvalue weighted by molar-refractivity contribution is 0.0135. The molecule has 118 valence electrons. The van der Waals surface area contributed by atoms with Crippen molar-refractivity contribution in [1.29, 1.82) is 0 Å². The molecule has 0 aliphatic heterocycles. The fraction of sp³-hybridized carbons (Fsp3) is 0.647. The molecule has 1 aromatic rings. The normalized spacial score (nSPS) is 26.8. The van der Waals surface area contributed by atoms with E-state index < -0.39 is 15.4 Å². The summed E-state index contributed by atoms with van der Waals surface area (Å²) in [5.41, 5.74) is 1.88. The van der Waals surface area contributed by atoms with E-state index in [0.29, 0.717) is 18.8 Å². The van der Waals surface area contributed by atoms with Gasteiger partial charge in [0.05, 0.1) is 17.1 Å². The van der Waals surface area contributed by atoms with Crippen LogP contribution in [0.1, 0.15) is 49.3 Å². The Balaban J connectivity index is 2.10. The molecule has 0 spiro atoms. The molecular formula is C17H26O3S. The Labute approximate surface area is 128 Å². The van der Waals surface area contributed by atoms with Gasteiger partial charge in [-0.25, -0.2) is 8.42 Å². The molecule has 0 radical (unpaired) electrons. The summed E-state index contributed by atoms with van der Waals surface area (Å²) in [5.74, 6) is 0.505. The summed E-state index contributed by atoms with van der Waals surface area (Å²) in [5, 5.41) is 10.5. The number of benzene rings is 1. The highest BCUT2D eigenvalue weighted by Crippen LogP contribution is 2.33. The average molecular weight is 310 g/mol. The minimum atomic E-state index is -3.30. The smallest absolute Gasteiger partial charge is 0.157 e. The van der Waals surface area contributed by atoms with Crippen LogP contribution in [0.15, 0.2) is 18.2 Å². The molecule has 0 bridgehead atoms. The van der Waals surface area contributed by atoms with Crippen LogP contribution in [0.5, 0.6) is 0 Å². The minimum Gasteiger partial charge on any atom is -0.389 e. The molecule has 1 aromatic carbocycles. The third-order valence-electron chi connectivity index (χ3n) is 4.57. The highest BCUT2D eigenvalue weighted by Gasteiger charge is 2.36. The lowest BCUT2D eigenvalue weighted by Crippen LogP contribution is -2.40. The van der Waals surface area contributed by atoms with Crippen molar-refractivity contribution < 1.29 is 13.5 Å². The van der Waals surface area contributed by atoms with E-state index in [-0.39, 0.29) is 11.5 Å². The van der Waals surface area contributed by atoms with Crippen LogP contribution >= 0.6 is 0 Å². The number of hydrogen-bond acceptors (Lipinski definition) is 3. The van der Waals surface area contributed by atoms with Crippen molar-refractivity contribution in [2.24, 2.45) is 5.92 Å². The molecule has 0 aromatic heterocycles. The first-order chi connectivity index (χ1) is 9.69. The zero-order chi connectivity index (χ0) is 15.7. The molecule has 3 nitrogen and oxygen atoms in total. The number of hydrogen-bond donors (Lipinski definition) is 1. The molecule has 2 rings (SSSR count). The second-order valence-corrected chi connectivity index (χ2v) is 8.93. The third-order valence-corrected chi connectivity index (χ3v) is 6.30. The third kappa shape index (κ3) is 4.55. The fourth-order valence-corrected chi connectivity index (χ4v) is 5.09. The van der Waals surface area contributed by atoms with E-state index in [2.05, 4.69) is 6.92 Å². The van der Waals surface area contributed by atoms with E-state index >= 15 is 0 Å². The van der Waals surface area contributed by atoms with Gasteiger partial charge in [-0.1, -0.05) is 30.7 Å². The van der Waals surface area contributed by atoms with Gasteiger partial charge in [0.25, 0.3) is 0 Å². The van der Waals surface area contributed by atoms with E-state index in [1.807, 2.05) is 32.0 Å². The second-order valence-electron chi connectivity index (χ2n) is 6.87. The van der Waals surface area contributed by atoms with Crippen LogP contribution in [0.25, 0.3) is 0 Å². The molecule has 1 saturated carbocycles. The van der Waals surface area contributed by atoms with Gasteiger partial charge in [-0.2, -0.15) is 0 Å². The topological polar surface area (TPSA) is 54.4 Å². The van der Waals surface area contributed by atoms with Crippen LogP contribution in [0.2, 0.25) is 0 Å². The van der Waals surface area contributed by atoms with Crippen LogP contribution < -0.4 is 0 Å². The van der Waals surface area contributed by atoms with Crippen molar-refractivity contribution in [3.8, 4) is 0 Å². The van der Waals surface area contributed by atoms with Gasteiger partial charge in [-0.05, 0) is 56.6 Å². The molecule has 0 unspecified atom stereocenters. The first-order valence-corrected chi connectivity index (χ1v) is 9.50. The quantitative estimate of drug-likeness (QED) is 0.929. The zero-order valence-electron chi connectivity index (χ0n) is 13.2. The first kappa shape index (κ1) is 16.5. The van der Waals surface area contributed by atoms with Crippen LogP contribution in [-0.2, 0) is 15.6 Å². The van der Waals surface area contributed by atoms with Gasteiger partial charge in [0.1, 0.15) is 0 Å². The SMILES string of the molecule is Cc1ccc(C)c(CS(=O)(=O)CC2(O)CCC(C)CC2)c1. The van der Waals surface area contributed by atoms with Gasteiger partial charge in [0.15, 0.2) is 9.84 Å². The Morgan fingerprint density at radius 1 is 1.24 bits per heavy atom. The molecule has 21 heavy (non-hydrogen) atoms. The van der Waals surface area contributed by atoms with Crippen molar-refractivity contribution in [1.82, 2.24) is 0 Å². The summed E-state index contributed by atoms with van der Waals surface area (Å²) < 4.78 is 24.9. The van der Waals surface area contributed by atoms with Crippen LogP contribution in [0, 0.1) is 19.8 Å². The molecule has 0 atom stereocenters. The van der Waals surface area contributed by atoms with Gasteiger partial charge in [-0.15, -0.1) is 0 Å². The predicted octanol–water partition coefficient (Wildman–Crippen LogP) is 3.16. The first-order valence-electron chi connectivity index (χ1n) is 7.68. The van der Waals surface area contributed by atoms with Crippen LogP contribution in [-0.4, -0.2) is 24.9 Å². The fourth-order valence-electron chi connectivity index (χ4n) is 3.10. The van der Waals surface area contributed by atoms with Gasteiger partial charge in [0.2, 0.25) is 0 Å². The number of aryl methyl sites for hydroxylation is 2. The molecule has 1 aliphatic carbocycles. The Morgan fingerprint density at radius 2 is 1.86 bits per heavy atom. The molecule has 1 fully saturated rings. The monoisotopic (exact) mass is 310 g/mol. The number of rotatable bonds is 4. The van der Waals surface area contributed by atoms with Crippen LogP contribution in [0.4, 0.5) is 0 Å². The predicted molar refractivity (Wildman–Crippen MR) is 86.0 cm³/mol. The summed E-state index contributed by atoms with van der Waals surface area (Å²) in [6, 6.07) is 5.87. The van der Waals surface area contributed by atoms with Crippen molar-refractivity contribution in [2.75, 3.05) is 5.75 Å². The van der Waals surface area contributed by atoms with E-state index in [4.69, 9.17) is 0 Å². The number of aliphatic hydroxyl groups is 1. The molecule has 0 heterocycles. The second kappa shape index (κ2) is 6.09. The van der Waals surface area contributed by atoms with Crippen molar-refractivity contribution in [3.05, 3.63) is 34.9 Å². The summed E-state index contributed by atoms with van der Waals surface area (Å²) in [4.78, 5) is 0. The lowest BCUT2D eigenvalue weighted by Gasteiger charge is -2.34. The van der Waals surface area contributed by atoms with Crippen LogP contribution in [0.3, 0.4) is 0 Å². The highest BCUT2D eigenvalue weighted by molar-refractivity contribution is 7.90. The Morgan fingerprint density at radius 3 is 2.48 bits per heavy atom. The van der Waals surface area contributed by atoms with Gasteiger partial charge in [-0.3, -0.25) is 0 Å². The largest absolute Gasteiger partial charge is 0.389 e. The zero-order valence-corrected chi connectivity index (χ0v) is 14.0. The highest BCUT2D eigenvalue weighted by atomic mass is 32.2. The van der Waals surface area contributed by atoms with Gasteiger partial charge >= 0.3 is 0 Å². The average Bonchev–Trinajstić information content (AvgIpc) is 2.37. The van der Waals surface area contributed by atoms with E-state index in [0.717, 1.165) is 29.5 Å². The summed E-state index contributed by atoms with van der Waals surface area (Å²) in [6.07, 6.45) is 3.02. The van der Waals surface area contributed by atoms with Crippen molar-refractivity contribution in [2.45, 2.75) is 57.8 Å². The maximum atomic E-state index is 12.5. The summed E-state index contributed by atoms with van der Waals surface area (Å²) in [6.45, 7) is 6.05. The van der Waals surface area contributed by atoms with Gasteiger partial charge < -0.3 is 5.11 Å². The van der Waals surface area contributed by atoms with E-state index in [1.54, 1.807) is 0 Å². The maximum absolute atomic E-state index is 12.5. The molecule has 4 heteroatoms. The Kier molecular flexibility index (Phi) is 4.79. The Hall–Kier alpha value is -0.870. The molecule has 0 amide bonds. The molecule has 1 aliphatic rings. The summed E-state index contributed by atoms with van der Waals surface area (Å²) in [7, 11) is -3.30. The molecule has 1 N–H and O–H groups in total.